The van der Waals surface area contributed by atoms with Gasteiger partial charge in [0.25, 0.3) is 21.8 Å². The number of rotatable bonds is 6. The van der Waals surface area contributed by atoms with E-state index in [0.717, 1.165) is 0 Å². The first-order chi connectivity index (χ1) is 15.5. The highest BCUT2D eigenvalue weighted by atomic mass is 35.5. The second-order valence-corrected chi connectivity index (χ2v) is 10.4. The van der Waals surface area contributed by atoms with Gasteiger partial charge in [0.2, 0.25) is 0 Å². The Hall–Kier alpha value is -3.36. The average Bonchev–Trinajstić information content (AvgIpc) is 2.73. The largest absolute Gasteiger partial charge is 0.347 e. The minimum Gasteiger partial charge on any atom is -0.347 e. The number of benzene rings is 3. The van der Waals surface area contributed by atoms with Crippen LogP contribution in [-0.2, 0) is 10.0 Å². The number of carbonyl (C=O) groups is 2. The van der Waals surface area contributed by atoms with E-state index in [-0.39, 0.29) is 27.0 Å². The van der Waals surface area contributed by atoms with Crippen molar-refractivity contribution in [3.8, 4) is 0 Å². The number of anilines is 2. The Balaban J connectivity index is 1.88. The molecule has 3 N–H and O–H groups in total. The summed E-state index contributed by atoms with van der Waals surface area (Å²) in [4.78, 5) is 25.3. The lowest BCUT2D eigenvalue weighted by molar-refractivity contribution is 0.0920. The van der Waals surface area contributed by atoms with E-state index in [1.165, 1.54) is 18.2 Å². The third kappa shape index (κ3) is 6.34. The predicted octanol–water partition coefficient (Wildman–Crippen LogP) is 4.92. The Morgan fingerprint density at radius 3 is 2.15 bits per heavy atom. The van der Waals surface area contributed by atoms with Crippen LogP contribution in [0.25, 0.3) is 0 Å². The molecule has 0 bridgehead atoms. The zero-order valence-corrected chi connectivity index (χ0v) is 19.9. The third-order valence-corrected chi connectivity index (χ3v) is 6.28. The van der Waals surface area contributed by atoms with Crippen LogP contribution in [0.2, 0.25) is 5.02 Å². The summed E-state index contributed by atoms with van der Waals surface area (Å²) in [6.07, 6.45) is 0. The van der Waals surface area contributed by atoms with Gasteiger partial charge in [0, 0.05) is 16.8 Å². The summed E-state index contributed by atoms with van der Waals surface area (Å²) in [5.74, 6) is -0.927. The van der Waals surface area contributed by atoms with Crippen molar-refractivity contribution in [2.24, 2.45) is 0 Å². The van der Waals surface area contributed by atoms with Crippen LogP contribution in [0.1, 0.15) is 41.5 Å². The van der Waals surface area contributed by atoms with Gasteiger partial charge in [-0.05, 0) is 63.2 Å². The van der Waals surface area contributed by atoms with Crippen LogP contribution in [0, 0.1) is 0 Å². The van der Waals surface area contributed by atoms with E-state index < -0.39 is 21.5 Å². The molecule has 0 aliphatic rings. The molecule has 0 aliphatic carbocycles. The molecule has 2 amide bonds. The lowest BCUT2D eigenvalue weighted by Gasteiger charge is -2.21. The maximum absolute atomic E-state index is 12.9. The molecule has 0 fully saturated rings. The van der Waals surface area contributed by atoms with E-state index in [1.54, 1.807) is 54.6 Å². The second-order valence-electron chi connectivity index (χ2n) is 8.32. The molecule has 33 heavy (non-hydrogen) atoms. The first-order valence-electron chi connectivity index (χ1n) is 10.1. The van der Waals surface area contributed by atoms with Gasteiger partial charge < -0.3 is 10.6 Å². The van der Waals surface area contributed by atoms with Crippen molar-refractivity contribution in [2.75, 3.05) is 10.0 Å². The molecule has 9 heteroatoms. The molecule has 3 rings (SSSR count). The minimum atomic E-state index is -4.04. The first-order valence-corrected chi connectivity index (χ1v) is 11.9. The lowest BCUT2D eigenvalue weighted by atomic mass is 10.1. The number of hydrogen-bond donors (Lipinski definition) is 3. The SMILES string of the molecule is CC(C)(C)NC(=O)c1ccccc1NC(=O)c1ccc(Cl)c(S(=O)(=O)Nc2ccccc2)c1. The van der Waals surface area contributed by atoms with Gasteiger partial charge in [0.05, 0.1) is 16.3 Å². The second kappa shape index (κ2) is 9.64. The summed E-state index contributed by atoms with van der Waals surface area (Å²) < 4.78 is 28.1. The molecule has 3 aromatic rings. The highest BCUT2D eigenvalue weighted by Gasteiger charge is 2.22. The summed E-state index contributed by atoms with van der Waals surface area (Å²) in [6, 6.07) is 18.9. The van der Waals surface area contributed by atoms with E-state index in [0.29, 0.717) is 11.4 Å². The van der Waals surface area contributed by atoms with Gasteiger partial charge in [-0.15, -0.1) is 0 Å². The van der Waals surface area contributed by atoms with Crippen LogP contribution in [0.5, 0.6) is 0 Å². The molecule has 7 nitrogen and oxygen atoms in total. The van der Waals surface area contributed by atoms with Crippen LogP contribution >= 0.6 is 11.6 Å². The third-order valence-electron chi connectivity index (χ3n) is 4.42. The number of nitrogens with one attached hydrogen (secondary N) is 3. The van der Waals surface area contributed by atoms with E-state index in [1.807, 2.05) is 20.8 Å². The molecular weight excluding hydrogens is 462 g/mol. The van der Waals surface area contributed by atoms with Crippen LogP contribution in [0.15, 0.2) is 77.7 Å². The maximum Gasteiger partial charge on any atom is 0.263 e. The normalized spacial score (nSPS) is 11.5. The van der Waals surface area contributed by atoms with Gasteiger partial charge >= 0.3 is 0 Å². The van der Waals surface area contributed by atoms with Crippen LogP contribution < -0.4 is 15.4 Å². The van der Waals surface area contributed by atoms with Gasteiger partial charge in [-0.1, -0.05) is 41.9 Å². The Morgan fingerprint density at radius 1 is 0.848 bits per heavy atom. The molecular formula is C24H24ClN3O4S. The van der Waals surface area contributed by atoms with Crippen molar-refractivity contribution in [2.45, 2.75) is 31.2 Å². The quantitative estimate of drug-likeness (QED) is 0.460. The fourth-order valence-corrected chi connectivity index (χ4v) is 4.54. The maximum atomic E-state index is 12.9. The molecule has 0 atom stereocenters. The van der Waals surface area contributed by atoms with Crippen molar-refractivity contribution < 1.29 is 18.0 Å². The molecule has 0 saturated heterocycles. The van der Waals surface area contributed by atoms with Crippen LogP contribution in [0.3, 0.4) is 0 Å². The summed E-state index contributed by atoms with van der Waals surface area (Å²) in [5, 5.41) is 5.51. The number of para-hydroxylation sites is 2. The van der Waals surface area contributed by atoms with Crippen molar-refractivity contribution in [1.29, 1.82) is 0 Å². The van der Waals surface area contributed by atoms with Gasteiger partial charge in [0.15, 0.2) is 0 Å². The molecule has 0 radical (unpaired) electrons. The minimum absolute atomic E-state index is 0.0278. The van der Waals surface area contributed by atoms with Crippen molar-refractivity contribution in [1.82, 2.24) is 5.32 Å². The molecule has 0 spiro atoms. The molecule has 0 unspecified atom stereocenters. The highest BCUT2D eigenvalue weighted by molar-refractivity contribution is 7.92. The van der Waals surface area contributed by atoms with Gasteiger partial charge in [-0.25, -0.2) is 8.42 Å². The standard InChI is InChI=1S/C24H24ClN3O4S/c1-24(2,3)27-23(30)18-11-7-8-12-20(18)26-22(29)16-13-14-19(25)21(15-16)33(31,32)28-17-9-5-4-6-10-17/h4-15,28H,1-3H3,(H,26,29)(H,27,30). The Kier molecular flexibility index (Phi) is 7.09. The Labute approximate surface area is 198 Å². The summed E-state index contributed by atoms with van der Waals surface area (Å²) in [7, 11) is -4.04. The molecule has 3 aromatic carbocycles. The zero-order chi connectivity index (χ0) is 24.2. The number of sulfonamides is 1. The van der Waals surface area contributed by atoms with Gasteiger partial charge in [-0.2, -0.15) is 0 Å². The zero-order valence-electron chi connectivity index (χ0n) is 18.3. The van der Waals surface area contributed by atoms with Crippen molar-refractivity contribution in [3.05, 3.63) is 88.9 Å². The molecule has 0 aromatic heterocycles. The average molecular weight is 486 g/mol. The van der Waals surface area contributed by atoms with Crippen molar-refractivity contribution in [3.63, 3.8) is 0 Å². The number of carbonyl (C=O) groups excluding carboxylic acids is 2. The first kappa shape index (κ1) is 24.3. The van der Waals surface area contributed by atoms with Gasteiger partial charge in [-0.3, -0.25) is 14.3 Å². The van der Waals surface area contributed by atoms with Gasteiger partial charge in [0.1, 0.15) is 4.90 Å². The van der Waals surface area contributed by atoms with E-state index in [4.69, 9.17) is 11.6 Å². The Bertz CT molecular complexity index is 1290. The molecule has 0 saturated carbocycles. The van der Waals surface area contributed by atoms with E-state index in [9.17, 15) is 18.0 Å². The molecule has 0 aliphatic heterocycles. The fraction of sp³-hybridized carbons (Fsp3) is 0.167. The summed E-state index contributed by atoms with van der Waals surface area (Å²) in [6.45, 7) is 5.56. The number of amides is 2. The molecule has 0 heterocycles. The number of hydrogen-bond acceptors (Lipinski definition) is 4. The summed E-state index contributed by atoms with van der Waals surface area (Å²) >= 11 is 6.14. The number of halogens is 1. The Morgan fingerprint density at radius 2 is 1.48 bits per heavy atom. The van der Waals surface area contributed by atoms with Crippen LogP contribution in [-0.4, -0.2) is 25.8 Å². The summed E-state index contributed by atoms with van der Waals surface area (Å²) in [5.41, 5.74) is 0.555. The molecule has 172 valence electrons. The highest BCUT2D eigenvalue weighted by Crippen LogP contribution is 2.26. The lowest BCUT2D eigenvalue weighted by Crippen LogP contribution is -2.40. The van der Waals surface area contributed by atoms with Crippen molar-refractivity contribution >= 4 is 44.8 Å². The van der Waals surface area contributed by atoms with Crippen LogP contribution in [0.4, 0.5) is 11.4 Å². The monoisotopic (exact) mass is 485 g/mol. The van der Waals surface area contributed by atoms with E-state index in [2.05, 4.69) is 15.4 Å². The van der Waals surface area contributed by atoms with E-state index >= 15 is 0 Å². The fourth-order valence-electron chi connectivity index (χ4n) is 2.96. The smallest absolute Gasteiger partial charge is 0.263 e. The topological polar surface area (TPSA) is 104 Å². The predicted molar refractivity (Wildman–Crippen MR) is 130 cm³/mol.